The summed E-state index contributed by atoms with van der Waals surface area (Å²) in [5.41, 5.74) is 1.44. The molecule has 0 amide bonds. The summed E-state index contributed by atoms with van der Waals surface area (Å²) >= 11 is 0. The minimum atomic E-state index is 0.690. The lowest BCUT2D eigenvalue weighted by molar-refractivity contribution is 0.324. The molecule has 49 valence electrons. The van der Waals surface area contributed by atoms with Gasteiger partial charge < -0.3 is 5.32 Å². The van der Waals surface area contributed by atoms with E-state index in [-0.39, 0.29) is 0 Å². The minimum Gasteiger partial charge on any atom is -0.309 e. The van der Waals surface area contributed by atoms with Gasteiger partial charge in [0, 0.05) is 12.6 Å². The quantitative estimate of drug-likeness (QED) is 0.480. The molecule has 3 rings (SSSR count). The zero-order chi connectivity index (χ0) is 6.27. The van der Waals surface area contributed by atoms with E-state index in [1.54, 1.807) is 0 Å². The van der Waals surface area contributed by atoms with Gasteiger partial charge in [0.25, 0.3) is 0 Å². The molecule has 0 aromatic rings. The van der Waals surface area contributed by atoms with E-state index in [9.17, 15) is 0 Å². The number of hydrogen-bond acceptors (Lipinski definition) is 1. The van der Waals surface area contributed by atoms with Crippen LogP contribution in [0.4, 0.5) is 0 Å². The highest BCUT2D eigenvalue weighted by molar-refractivity contribution is 5.15. The van der Waals surface area contributed by atoms with E-state index in [0.717, 1.165) is 6.04 Å². The van der Waals surface area contributed by atoms with Crippen LogP contribution in [0.5, 0.6) is 0 Å². The third-order valence-corrected chi connectivity index (χ3v) is 2.39. The van der Waals surface area contributed by atoms with E-state index in [1.807, 2.05) is 0 Å². The Balaban J connectivity index is 2.15. The average Bonchev–Trinajstić information content (AvgIpc) is 1.90. The van der Waals surface area contributed by atoms with Crippen molar-refractivity contribution in [2.75, 3.05) is 0 Å². The Bertz CT molecular complexity index is 132. The predicted octanol–water partition coefficient (Wildman–Crippen LogP) is 1.48. The van der Waals surface area contributed by atoms with Crippen molar-refractivity contribution in [3.8, 4) is 0 Å². The summed E-state index contributed by atoms with van der Waals surface area (Å²) in [5.74, 6) is 0.690. The zero-order valence-corrected chi connectivity index (χ0v) is 5.56. The molecule has 2 bridgehead atoms. The summed E-state index contributed by atoms with van der Waals surface area (Å²) in [5, 5.41) is 3.36. The van der Waals surface area contributed by atoms with Crippen LogP contribution in [-0.4, -0.2) is 6.04 Å². The van der Waals surface area contributed by atoms with E-state index >= 15 is 0 Å². The Morgan fingerprint density at radius 2 is 2.44 bits per heavy atom. The minimum absolute atomic E-state index is 0.690. The molecule has 0 spiro atoms. The van der Waals surface area contributed by atoms with Gasteiger partial charge in [0.1, 0.15) is 0 Å². The van der Waals surface area contributed by atoms with Crippen molar-refractivity contribution in [1.82, 2.24) is 5.32 Å². The lowest BCUT2D eigenvalue weighted by atomic mass is 9.78. The van der Waals surface area contributed by atoms with Crippen molar-refractivity contribution < 1.29 is 0 Å². The van der Waals surface area contributed by atoms with Gasteiger partial charge in [-0.25, -0.2) is 0 Å². The van der Waals surface area contributed by atoms with E-state index in [4.69, 9.17) is 0 Å². The number of fused-ring (bicyclic) bond motifs is 3. The van der Waals surface area contributed by atoms with Crippen molar-refractivity contribution in [3.63, 3.8) is 0 Å². The molecule has 2 heterocycles. The van der Waals surface area contributed by atoms with Gasteiger partial charge in [-0.3, -0.25) is 0 Å². The van der Waals surface area contributed by atoms with Gasteiger partial charge in [-0.05, 0) is 25.2 Å². The molecule has 2 aliphatic heterocycles. The lowest BCUT2D eigenvalue weighted by Crippen LogP contribution is -2.41. The zero-order valence-electron chi connectivity index (χ0n) is 5.56. The van der Waals surface area contributed by atoms with Gasteiger partial charge in [0.15, 0.2) is 0 Å². The molecular weight excluding hydrogens is 110 g/mol. The topological polar surface area (TPSA) is 12.0 Å². The Hall–Kier alpha value is -0.300. The molecule has 1 N–H and O–H groups in total. The molecule has 0 aromatic heterocycles. The molecular formula is C8H12N. The standard InChI is InChI=1S/C8H12N/c1-6-4-8-3-2-7(6)5-9-8/h5,7-9H,1-4H2/t7-,8-/m0/s1. The maximum absolute atomic E-state index is 4.03. The van der Waals surface area contributed by atoms with Gasteiger partial charge in [-0.1, -0.05) is 12.2 Å². The number of rotatable bonds is 0. The van der Waals surface area contributed by atoms with Gasteiger partial charge in [0.05, 0.1) is 0 Å². The molecule has 9 heavy (non-hydrogen) atoms. The molecule has 3 aliphatic rings. The number of hydrogen-bond donors (Lipinski definition) is 1. The van der Waals surface area contributed by atoms with Crippen LogP contribution >= 0.6 is 0 Å². The van der Waals surface area contributed by atoms with Crippen molar-refractivity contribution in [2.45, 2.75) is 25.3 Å². The Morgan fingerprint density at radius 3 is 2.67 bits per heavy atom. The van der Waals surface area contributed by atoms with Crippen LogP contribution in [0.3, 0.4) is 0 Å². The Morgan fingerprint density at radius 1 is 1.56 bits per heavy atom. The summed E-state index contributed by atoms with van der Waals surface area (Å²) in [6.45, 7) is 6.23. The Kier molecular flexibility index (Phi) is 1.12. The predicted molar refractivity (Wildman–Crippen MR) is 37.7 cm³/mol. The molecule has 2 atom stereocenters. The summed E-state index contributed by atoms with van der Waals surface area (Å²) in [4.78, 5) is 0. The first-order valence-electron chi connectivity index (χ1n) is 3.63. The lowest BCUT2D eigenvalue weighted by Gasteiger charge is -2.38. The van der Waals surface area contributed by atoms with Crippen molar-refractivity contribution in [2.24, 2.45) is 5.92 Å². The summed E-state index contributed by atoms with van der Waals surface area (Å²) in [6, 6.07) is 0.725. The third-order valence-electron chi connectivity index (χ3n) is 2.39. The fraction of sp³-hybridized carbons (Fsp3) is 0.625. The smallest absolute Gasteiger partial charge is 0.0295 e. The first kappa shape index (κ1) is 5.48. The largest absolute Gasteiger partial charge is 0.309 e. The van der Waals surface area contributed by atoms with Gasteiger partial charge in [-0.2, -0.15) is 0 Å². The van der Waals surface area contributed by atoms with Crippen molar-refractivity contribution >= 4 is 0 Å². The number of piperidine rings is 2. The maximum Gasteiger partial charge on any atom is 0.0295 e. The van der Waals surface area contributed by atoms with Crippen LogP contribution in [0.15, 0.2) is 12.2 Å². The van der Waals surface area contributed by atoms with E-state index in [1.165, 1.54) is 24.8 Å². The molecule has 2 saturated heterocycles. The Labute approximate surface area is 56.1 Å². The fourth-order valence-electron chi connectivity index (χ4n) is 1.75. The van der Waals surface area contributed by atoms with Crippen LogP contribution in [0.25, 0.3) is 0 Å². The monoisotopic (exact) mass is 122 g/mol. The molecule has 1 aliphatic carbocycles. The second-order valence-electron chi connectivity index (χ2n) is 3.08. The molecule has 1 heteroatoms. The maximum atomic E-state index is 4.03. The molecule has 1 nitrogen and oxygen atoms in total. The van der Waals surface area contributed by atoms with Gasteiger partial charge in [-0.15, -0.1) is 0 Å². The first-order valence-corrected chi connectivity index (χ1v) is 3.63. The van der Waals surface area contributed by atoms with Gasteiger partial charge in [0.2, 0.25) is 0 Å². The first-order chi connectivity index (χ1) is 4.36. The summed E-state index contributed by atoms with van der Waals surface area (Å²) in [6.07, 6.45) is 3.89. The van der Waals surface area contributed by atoms with Crippen LogP contribution in [-0.2, 0) is 0 Å². The second-order valence-corrected chi connectivity index (χ2v) is 3.08. The molecule has 0 aromatic carbocycles. The van der Waals surface area contributed by atoms with Crippen molar-refractivity contribution in [3.05, 3.63) is 18.7 Å². The molecule has 0 unspecified atom stereocenters. The summed E-state index contributed by atoms with van der Waals surface area (Å²) in [7, 11) is 0. The highest BCUT2D eigenvalue weighted by atomic mass is 14.9. The molecule has 1 saturated carbocycles. The third kappa shape index (κ3) is 0.799. The van der Waals surface area contributed by atoms with Crippen LogP contribution in [0, 0.1) is 12.5 Å². The molecule has 1 radical (unpaired) electrons. The molecule has 3 fully saturated rings. The average molecular weight is 122 g/mol. The normalized spacial score (nSPS) is 41.6. The van der Waals surface area contributed by atoms with Crippen LogP contribution < -0.4 is 5.32 Å². The SMILES string of the molecule is C=C1C[C@@H]2CC[C@H]1[CH]N2. The highest BCUT2D eigenvalue weighted by Gasteiger charge is 2.29. The fourth-order valence-corrected chi connectivity index (χ4v) is 1.75. The van der Waals surface area contributed by atoms with E-state index in [0.29, 0.717) is 5.92 Å². The second kappa shape index (κ2) is 1.84. The van der Waals surface area contributed by atoms with Crippen molar-refractivity contribution in [1.29, 1.82) is 0 Å². The van der Waals surface area contributed by atoms with Crippen LogP contribution in [0.1, 0.15) is 19.3 Å². The van der Waals surface area contributed by atoms with Crippen LogP contribution in [0.2, 0.25) is 0 Å². The van der Waals surface area contributed by atoms with Gasteiger partial charge >= 0.3 is 0 Å². The summed E-state index contributed by atoms with van der Waals surface area (Å²) < 4.78 is 0. The number of nitrogens with one attached hydrogen (secondary N) is 1. The highest BCUT2D eigenvalue weighted by Crippen LogP contribution is 2.34. The van der Waals surface area contributed by atoms with E-state index < -0.39 is 0 Å². The van der Waals surface area contributed by atoms with E-state index in [2.05, 4.69) is 18.4 Å².